The van der Waals surface area contributed by atoms with E-state index < -0.39 is 0 Å². The Kier molecular flexibility index (Phi) is 4.29. The van der Waals surface area contributed by atoms with Gasteiger partial charge in [-0.15, -0.1) is 0 Å². The third kappa shape index (κ3) is 3.44. The van der Waals surface area contributed by atoms with E-state index in [4.69, 9.17) is 14.6 Å². The van der Waals surface area contributed by atoms with Crippen molar-refractivity contribution < 1.29 is 14.6 Å². The number of hydrogen-bond acceptors (Lipinski definition) is 3. The molecule has 0 atom stereocenters. The third-order valence-electron chi connectivity index (χ3n) is 1.66. The third-order valence-corrected chi connectivity index (χ3v) is 1.66. The first-order valence-electron chi connectivity index (χ1n) is 4.18. The monoisotopic (exact) mass is 182 g/mol. The van der Waals surface area contributed by atoms with Gasteiger partial charge in [-0.3, -0.25) is 0 Å². The summed E-state index contributed by atoms with van der Waals surface area (Å²) < 4.78 is 10.2. The molecule has 0 aliphatic heterocycles. The molecule has 1 N–H and O–H groups in total. The Balaban J connectivity index is 2.40. The van der Waals surface area contributed by atoms with Gasteiger partial charge in [0.1, 0.15) is 5.75 Å². The number of benzene rings is 1. The van der Waals surface area contributed by atoms with E-state index in [9.17, 15) is 0 Å². The number of rotatable bonds is 5. The standard InChI is InChI=1S/C10H14O3/c1-12-10-4-2-9(3-5-10)8-13-7-6-11/h2-5,11H,6-8H2,1H3. The van der Waals surface area contributed by atoms with Gasteiger partial charge in [0.15, 0.2) is 0 Å². The SMILES string of the molecule is COc1ccc(COCCO)cc1. The van der Waals surface area contributed by atoms with Crippen LogP contribution in [0, 0.1) is 0 Å². The smallest absolute Gasteiger partial charge is 0.118 e. The highest BCUT2D eigenvalue weighted by Gasteiger charge is 1.93. The van der Waals surface area contributed by atoms with Crippen LogP contribution in [0.5, 0.6) is 5.75 Å². The summed E-state index contributed by atoms with van der Waals surface area (Å²) in [4.78, 5) is 0. The van der Waals surface area contributed by atoms with Crippen LogP contribution in [0.3, 0.4) is 0 Å². The summed E-state index contributed by atoms with van der Waals surface area (Å²) in [5, 5.41) is 8.48. The Hall–Kier alpha value is -1.06. The molecule has 1 aromatic rings. The summed E-state index contributed by atoms with van der Waals surface area (Å²) >= 11 is 0. The second-order valence-electron chi connectivity index (χ2n) is 2.62. The van der Waals surface area contributed by atoms with Crippen molar-refractivity contribution in [1.82, 2.24) is 0 Å². The Bertz CT molecular complexity index is 230. The van der Waals surface area contributed by atoms with Crippen molar-refractivity contribution in [2.24, 2.45) is 0 Å². The van der Waals surface area contributed by atoms with Crippen LogP contribution >= 0.6 is 0 Å². The largest absolute Gasteiger partial charge is 0.497 e. The fourth-order valence-electron chi connectivity index (χ4n) is 0.976. The van der Waals surface area contributed by atoms with Crippen LogP contribution in [0.15, 0.2) is 24.3 Å². The molecule has 0 radical (unpaired) electrons. The van der Waals surface area contributed by atoms with E-state index in [2.05, 4.69) is 0 Å². The minimum Gasteiger partial charge on any atom is -0.497 e. The lowest BCUT2D eigenvalue weighted by molar-refractivity contribution is 0.0815. The van der Waals surface area contributed by atoms with Gasteiger partial charge in [0.2, 0.25) is 0 Å². The zero-order valence-corrected chi connectivity index (χ0v) is 7.69. The summed E-state index contributed by atoms with van der Waals surface area (Å²) in [5.41, 5.74) is 1.08. The van der Waals surface area contributed by atoms with Gasteiger partial charge in [-0.25, -0.2) is 0 Å². The number of hydrogen-bond donors (Lipinski definition) is 1. The quantitative estimate of drug-likeness (QED) is 0.695. The van der Waals surface area contributed by atoms with Crippen molar-refractivity contribution in [2.45, 2.75) is 6.61 Å². The van der Waals surface area contributed by atoms with Gasteiger partial charge in [-0.05, 0) is 17.7 Å². The number of aliphatic hydroxyl groups excluding tert-OH is 1. The highest BCUT2D eigenvalue weighted by atomic mass is 16.5. The Labute approximate surface area is 77.9 Å². The molecular weight excluding hydrogens is 168 g/mol. The average molecular weight is 182 g/mol. The molecule has 13 heavy (non-hydrogen) atoms. The second kappa shape index (κ2) is 5.56. The summed E-state index contributed by atoms with van der Waals surface area (Å²) in [6, 6.07) is 7.65. The van der Waals surface area contributed by atoms with E-state index >= 15 is 0 Å². The van der Waals surface area contributed by atoms with E-state index in [1.807, 2.05) is 24.3 Å². The molecule has 3 heteroatoms. The molecule has 0 saturated heterocycles. The maximum atomic E-state index is 8.48. The molecule has 72 valence electrons. The van der Waals surface area contributed by atoms with E-state index in [0.29, 0.717) is 13.2 Å². The molecule has 3 nitrogen and oxygen atoms in total. The van der Waals surface area contributed by atoms with Crippen molar-refractivity contribution in [2.75, 3.05) is 20.3 Å². The summed E-state index contributed by atoms with van der Waals surface area (Å²) in [6.45, 7) is 0.979. The topological polar surface area (TPSA) is 38.7 Å². The lowest BCUT2D eigenvalue weighted by Gasteiger charge is -2.03. The van der Waals surface area contributed by atoms with E-state index in [1.54, 1.807) is 7.11 Å². The lowest BCUT2D eigenvalue weighted by atomic mass is 10.2. The fourth-order valence-corrected chi connectivity index (χ4v) is 0.976. The van der Waals surface area contributed by atoms with Crippen LogP contribution in [0.25, 0.3) is 0 Å². The predicted molar refractivity (Wildman–Crippen MR) is 49.7 cm³/mol. The molecule has 0 bridgehead atoms. The minimum absolute atomic E-state index is 0.0656. The first-order chi connectivity index (χ1) is 6.36. The fraction of sp³-hybridized carbons (Fsp3) is 0.400. The maximum Gasteiger partial charge on any atom is 0.118 e. The van der Waals surface area contributed by atoms with Crippen molar-refractivity contribution in [3.8, 4) is 5.75 Å². The van der Waals surface area contributed by atoms with E-state index in [-0.39, 0.29) is 6.61 Å². The van der Waals surface area contributed by atoms with Crippen LogP contribution in [0.1, 0.15) is 5.56 Å². The van der Waals surface area contributed by atoms with E-state index in [1.165, 1.54) is 0 Å². The van der Waals surface area contributed by atoms with Crippen LogP contribution in [0.2, 0.25) is 0 Å². The molecule has 0 heterocycles. The summed E-state index contributed by atoms with van der Waals surface area (Å²) in [5.74, 6) is 0.839. The highest BCUT2D eigenvalue weighted by Crippen LogP contribution is 2.11. The van der Waals surface area contributed by atoms with Gasteiger partial charge in [-0.2, -0.15) is 0 Å². The van der Waals surface area contributed by atoms with Crippen LogP contribution in [0.4, 0.5) is 0 Å². The normalized spacial score (nSPS) is 10.0. The maximum absolute atomic E-state index is 8.48. The molecule has 0 fully saturated rings. The molecule has 0 unspecified atom stereocenters. The van der Waals surface area contributed by atoms with Gasteiger partial charge < -0.3 is 14.6 Å². The van der Waals surface area contributed by atoms with Crippen molar-refractivity contribution in [3.63, 3.8) is 0 Å². The molecular formula is C10H14O3. The Morgan fingerprint density at radius 1 is 1.23 bits per heavy atom. The molecule has 0 aliphatic rings. The molecule has 1 rings (SSSR count). The van der Waals surface area contributed by atoms with Crippen LogP contribution < -0.4 is 4.74 Å². The van der Waals surface area contributed by atoms with Gasteiger partial charge in [-0.1, -0.05) is 12.1 Å². The van der Waals surface area contributed by atoms with Gasteiger partial charge >= 0.3 is 0 Å². The Morgan fingerprint density at radius 3 is 2.46 bits per heavy atom. The first-order valence-corrected chi connectivity index (χ1v) is 4.18. The van der Waals surface area contributed by atoms with Gasteiger partial charge in [0.25, 0.3) is 0 Å². The molecule has 0 amide bonds. The summed E-state index contributed by atoms with van der Waals surface area (Å²) in [7, 11) is 1.64. The zero-order chi connectivity index (χ0) is 9.52. The van der Waals surface area contributed by atoms with Crippen LogP contribution in [-0.2, 0) is 11.3 Å². The van der Waals surface area contributed by atoms with Crippen LogP contribution in [-0.4, -0.2) is 25.4 Å². The van der Waals surface area contributed by atoms with Crippen molar-refractivity contribution in [3.05, 3.63) is 29.8 Å². The Morgan fingerprint density at radius 2 is 1.92 bits per heavy atom. The van der Waals surface area contributed by atoms with Crippen molar-refractivity contribution in [1.29, 1.82) is 0 Å². The number of ether oxygens (including phenoxy) is 2. The minimum atomic E-state index is 0.0656. The van der Waals surface area contributed by atoms with Gasteiger partial charge in [0, 0.05) is 0 Å². The number of aliphatic hydroxyl groups is 1. The molecule has 0 spiro atoms. The van der Waals surface area contributed by atoms with Crippen molar-refractivity contribution >= 4 is 0 Å². The first kappa shape index (κ1) is 10.0. The molecule has 0 saturated carbocycles. The average Bonchev–Trinajstić information content (AvgIpc) is 2.19. The molecule has 0 aromatic heterocycles. The van der Waals surface area contributed by atoms with Gasteiger partial charge in [0.05, 0.1) is 26.9 Å². The summed E-state index contributed by atoms with van der Waals surface area (Å²) in [6.07, 6.45) is 0. The second-order valence-corrected chi connectivity index (χ2v) is 2.62. The molecule has 0 aliphatic carbocycles. The predicted octanol–water partition coefficient (Wildman–Crippen LogP) is 1.20. The highest BCUT2D eigenvalue weighted by molar-refractivity contribution is 5.26. The lowest BCUT2D eigenvalue weighted by Crippen LogP contribution is -1.98. The molecule has 1 aromatic carbocycles. The number of methoxy groups -OCH3 is 1. The van der Waals surface area contributed by atoms with E-state index in [0.717, 1.165) is 11.3 Å². The zero-order valence-electron chi connectivity index (χ0n) is 7.69.